The lowest BCUT2D eigenvalue weighted by Gasteiger charge is -2.04. The highest BCUT2D eigenvalue weighted by atomic mass is 19.3. The minimum absolute atomic E-state index is 0.0381. The molecular formula is C8H7F2NO2. The van der Waals surface area contributed by atoms with E-state index in [1.54, 1.807) is 6.07 Å². The van der Waals surface area contributed by atoms with Crippen LogP contribution in [0.4, 0.5) is 8.78 Å². The average Bonchev–Trinajstić information content (AvgIpc) is 2.04. The zero-order valence-corrected chi connectivity index (χ0v) is 6.61. The van der Waals surface area contributed by atoms with Gasteiger partial charge in [-0.15, -0.1) is 0 Å². The minimum Gasteiger partial charge on any atom is -0.435 e. The predicted octanol–water partition coefficient (Wildman–Crippen LogP) is 2.55. The molecule has 1 rings (SSSR count). The van der Waals surface area contributed by atoms with E-state index in [9.17, 15) is 13.7 Å². The zero-order chi connectivity index (χ0) is 9.68. The van der Waals surface area contributed by atoms with Crippen LogP contribution in [0.1, 0.15) is 5.56 Å². The molecule has 0 N–H and O–H groups in total. The summed E-state index contributed by atoms with van der Waals surface area (Å²) in [6.45, 7) is -2.89. The molecule has 1 aromatic carbocycles. The van der Waals surface area contributed by atoms with Crippen molar-refractivity contribution in [3.63, 3.8) is 0 Å². The monoisotopic (exact) mass is 187 g/mol. The van der Waals surface area contributed by atoms with Crippen molar-refractivity contribution in [2.45, 2.75) is 13.2 Å². The maximum atomic E-state index is 11.7. The van der Waals surface area contributed by atoms with Gasteiger partial charge in [-0.1, -0.05) is 17.3 Å². The van der Waals surface area contributed by atoms with Crippen LogP contribution < -0.4 is 4.74 Å². The summed E-state index contributed by atoms with van der Waals surface area (Å²) in [5, 5.41) is 2.63. The van der Waals surface area contributed by atoms with E-state index in [0.29, 0.717) is 5.56 Å². The molecule has 0 saturated heterocycles. The molecule has 0 aromatic heterocycles. The number of rotatable bonds is 4. The van der Waals surface area contributed by atoms with Crippen molar-refractivity contribution in [2.24, 2.45) is 5.18 Å². The van der Waals surface area contributed by atoms with Gasteiger partial charge in [0.2, 0.25) is 0 Å². The summed E-state index contributed by atoms with van der Waals surface area (Å²) < 4.78 is 27.6. The van der Waals surface area contributed by atoms with Gasteiger partial charge in [-0.3, -0.25) is 0 Å². The normalized spacial score (nSPS) is 10.1. The summed E-state index contributed by atoms with van der Waals surface area (Å²) in [5.41, 5.74) is 0.549. The lowest BCUT2D eigenvalue weighted by Crippen LogP contribution is -2.01. The number of alkyl halides is 2. The third-order valence-electron chi connectivity index (χ3n) is 1.37. The number of benzene rings is 1. The van der Waals surface area contributed by atoms with Gasteiger partial charge in [0.25, 0.3) is 0 Å². The van der Waals surface area contributed by atoms with Crippen LogP contribution in [0.2, 0.25) is 0 Å². The fourth-order valence-corrected chi connectivity index (χ4v) is 0.895. The summed E-state index contributed by atoms with van der Waals surface area (Å²) >= 11 is 0. The first kappa shape index (κ1) is 9.57. The van der Waals surface area contributed by atoms with E-state index in [0.717, 1.165) is 0 Å². The van der Waals surface area contributed by atoms with E-state index >= 15 is 0 Å². The Bertz CT molecular complexity index is 291. The van der Waals surface area contributed by atoms with Crippen molar-refractivity contribution in [3.05, 3.63) is 34.7 Å². The molecule has 0 bridgehead atoms. The maximum absolute atomic E-state index is 11.7. The number of ether oxygens (including phenoxy) is 1. The van der Waals surface area contributed by atoms with Gasteiger partial charge in [-0.2, -0.15) is 13.7 Å². The van der Waals surface area contributed by atoms with E-state index in [2.05, 4.69) is 9.91 Å². The quantitative estimate of drug-likeness (QED) is 0.679. The maximum Gasteiger partial charge on any atom is 0.387 e. The van der Waals surface area contributed by atoms with Gasteiger partial charge in [-0.05, 0) is 17.7 Å². The molecule has 70 valence electrons. The number of halogens is 2. The van der Waals surface area contributed by atoms with Crippen LogP contribution in [0, 0.1) is 4.91 Å². The predicted molar refractivity (Wildman–Crippen MR) is 42.6 cm³/mol. The van der Waals surface area contributed by atoms with Crippen LogP contribution >= 0.6 is 0 Å². The highest BCUT2D eigenvalue weighted by molar-refractivity contribution is 5.28. The first-order chi connectivity index (χ1) is 6.22. The van der Waals surface area contributed by atoms with Crippen LogP contribution in [0.3, 0.4) is 0 Å². The van der Waals surface area contributed by atoms with Crippen LogP contribution in [-0.4, -0.2) is 6.61 Å². The Hall–Kier alpha value is -1.52. The second kappa shape index (κ2) is 4.49. The van der Waals surface area contributed by atoms with Crippen LogP contribution in [0.5, 0.6) is 5.75 Å². The van der Waals surface area contributed by atoms with Crippen molar-refractivity contribution < 1.29 is 13.5 Å². The van der Waals surface area contributed by atoms with Gasteiger partial charge in [-0.25, -0.2) is 0 Å². The summed E-state index contributed by atoms with van der Waals surface area (Å²) in [5.74, 6) is 0.0381. The van der Waals surface area contributed by atoms with Gasteiger partial charge in [0.15, 0.2) is 0 Å². The van der Waals surface area contributed by atoms with E-state index in [-0.39, 0.29) is 12.3 Å². The Morgan fingerprint density at radius 2 is 2.23 bits per heavy atom. The van der Waals surface area contributed by atoms with Crippen molar-refractivity contribution in [1.29, 1.82) is 0 Å². The number of hydrogen-bond donors (Lipinski definition) is 0. The minimum atomic E-state index is -2.85. The molecule has 0 atom stereocenters. The molecule has 3 nitrogen and oxygen atoms in total. The van der Waals surface area contributed by atoms with E-state index in [4.69, 9.17) is 0 Å². The molecule has 0 saturated carbocycles. The molecule has 0 fully saturated rings. The molecule has 5 heteroatoms. The number of hydrogen-bond acceptors (Lipinski definition) is 3. The molecule has 0 unspecified atom stereocenters. The van der Waals surface area contributed by atoms with Gasteiger partial charge in [0.1, 0.15) is 12.3 Å². The molecule has 0 aliphatic carbocycles. The van der Waals surface area contributed by atoms with Crippen LogP contribution in [-0.2, 0) is 6.54 Å². The van der Waals surface area contributed by atoms with Gasteiger partial charge < -0.3 is 4.74 Å². The molecular weight excluding hydrogens is 180 g/mol. The van der Waals surface area contributed by atoms with Crippen LogP contribution in [0.15, 0.2) is 29.4 Å². The lowest BCUT2D eigenvalue weighted by atomic mass is 10.2. The van der Waals surface area contributed by atoms with Crippen molar-refractivity contribution in [1.82, 2.24) is 0 Å². The average molecular weight is 187 g/mol. The summed E-state index contributed by atoms with van der Waals surface area (Å²) in [7, 11) is 0. The molecule has 0 aliphatic heterocycles. The topological polar surface area (TPSA) is 38.7 Å². The molecule has 0 amide bonds. The standard InChI is InChI=1S/C8H7F2NO2/c9-8(10)13-7-3-1-2-6(4-7)5-11-12/h1-4,8H,5H2. The van der Waals surface area contributed by atoms with Crippen molar-refractivity contribution in [2.75, 3.05) is 0 Å². The second-order valence-electron chi connectivity index (χ2n) is 2.31. The Morgan fingerprint density at radius 1 is 1.46 bits per heavy atom. The fourth-order valence-electron chi connectivity index (χ4n) is 0.895. The smallest absolute Gasteiger partial charge is 0.387 e. The van der Waals surface area contributed by atoms with E-state index in [1.165, 1.54) is 18.2 Å². The third kappa shape index (κ3) is 3.14. The van der Waals surface area contributed by atoms with Crippen molar-refractivity contribution in [3.8, 4) is 5.75 Å². The van der Waals surface area contributed by atoms with Gasteiger partial charge in [0.05, 0.1) is 0 Å². The van der Waals surface area contributed by atoms with Crippen molar-refractivity contribution >= 4 is 0 Å². The molecule has 0 heterocycles. The number of nitrogens with zero attached hydrogens (tertiary/aromatic N) is 1. The Labute approximate surface area is 73.3 Å². The highest BCUT2D eigenvalue weighted by Crippen LogP contribution is 2.16. The molecule has 13 heavy (non-hydrogen) atoms. The third-order valence-corrected chi connectivity index (χ3v) is 1.37. The first-order valence-electron chi connectivity index (χ1n) is 3.55. The SMILES string of the molecule is O=NCc1cccc(OC(F)F)c1. The fraction of sp³-hybridized carbons (Fsp3) is 0.250. The Morgan fingerprint density at radius 3 is 2.85 bits per heavy atom. The largest absolute Gasteiger partial charge is 0.435 e. The summed E-state index contributed by atoms with van der Waals surface area (Å²) in [6, 6.07) is 5.88. The molecule has 0 aliphatic rings. The van der Waals surface area contributed by atoms with E-state index in [1.807, 2.05) is 0 Å². The highest BCUT2D eigenvalue weighted by Gasteiger charge is 2.04. The first-order valence-corrected chi connectivity index (χ1v) is 3.55. The number of nitroso groups, excluding NO2 is 1. The molecule has 1 aromatic rings. The van der Waals surface area contributed by atoms with E-state index < -0.39 is 6.61 Å². The summed E-state index contributed by atoms with van der Waals surface area (Å²) in [4.78, 5) is 9.87. The molecule has 0 spiro atoms. The molecule has 0 radical (unpaired) electrons. The summed E-state index contributed by atoms with van der Waals surface area (Å²) in [6.07, 6.45) is 0. The Balaban J connectivity index is 2.72. The Kier molecular flexibility index (Phi) is 3.31. The van der Waals surface area contributed by atoms with Crippen LogP contribution in [0.25, 0.3) is 0 Å². The van der Waals surface area contributed by atoms with Gasteiger partial charge in [0, 0.05) is 0 Å². The lowest BCUT2D eigenvalue weighted by molar-refractivity contribution is -0.0498. The zero-order valence-electron chi connectivity index (χ0n) is 6.61. The second-order valence-corrected chi connectivity index (χ2v) is 2.31. The van der Waals surface area contributed by atoms with Gasteiger partial charge >= 0.3 is 6.61 Å².